The molecule has 0 fully saturated rings. The van der Waals surface area contributed by atoms with Crippen molar-refractivity contribution in [1.29, 1.82) is 0 Å². The Morgan fingerprint density at radius 2 is 1.33 bits per heavy atom. The zero-order valence-electron chi connectivity index (χ0n) is 13.5. The van der Waals surface area contributed by atoms with E-state index < -0.39 is 12.1 Å². The van der Waals surface area contributed by atoms with E-state index in [1.165, 1.54) is 0 Å². The fourth-order valence-corrected chi connectivity index (χ4v) is 2.29. The Bertz CT molecular complexity index is 641. The lowest BCUT2D eigenvalue weighted by Gasteiger charge is -2.15. The van der Waals surface area contributed by atoms with Crippen molar-refractivity contribution in [3.8, 4) is 0 Å². The maximum Gasteiger partial charge on any atom is 0.274 e. The fraction of sp³-hybridized carbons (Fsp3) is 0.278. The molecule has 0 aliphatic carbocycles. The summed E-state index contributed by atoms with van der Waals surface area (Å²) in [5.41, 5.74) is 14.5. The summed E-state index contributed by atoms with van der Waals surface area (Å²) in [5, 5.41) is 15.4. The first-order valence-corrected chi connectivity index (χ1v) is 7.96. The van der Waals surface area contributed by atoms with Gasteiger partial charge in [-0.05, 0) is 61.3 Å². The van der Waals surface area contributed by atoms with Gasteiger partial charge in [-0.3, -0.25) is 4.79 Å². The minimum absolute atomic E-state index is 0.521. The lowest BCUT2D eigenvalue weighted by atomic mass is 10.1. The summed E-state index contributed by atoms with van der Waals surface area (Å²) in [5.74, 6) is -0.521. The highest BCUT2D eigenvalue weighted by Crippen LogP contribution is 2.13. The molecular weight excluding hydrogens is 304 g/mol. The summed E-state index contributed by atoms with van der Waals surface area (Å²) in [6.45, 7) is 1.17. The Hall–Kier alpha value is -2.41. The summed E-state index contributed by atoms with van der Waals surface area (Å²) in [6.07, 6.45) is 0.247. The second-order valence-corrected chi connectivity index (χ2v) is 5.51. The number of hydrogen-bond acceptors (Lipinski definition) is 5. The van der Waals surface area contributed by atoms with Crippen LogP contribution in [0.15, 0.2) is 48.5 Å². The molecule has 0 aromatic heterocycles. The summed E-state index contributed by atoms with van der Waals surface area (Å²) in [6, 6.07) is 14.8. The van der Waals surface area contributed by atoms with E-state index in [0.717, 1.165) is 24.0 Å². The number of aliphatic hydroxyl groups is 1. The highest BCUT2D eigenvalue weighted by molar-refractivity contribution is 5.95. The number of aliphatic hydroxyl groups excluding tert-OH is 1. The van der Waals surface area contributed by atoms with Crippen LogP contribution < -0.4 is 22.1 Å². The first-order chi connectivity index (χ1) is 11.6. The van der Waals surface area contributed by atoms with E-state index in [1.807, 2.05) is 36.4 Å². The maximum absolute atomic E-state index is 12.0. The quantitative estimate of drug-likeness (QED) is 0.465. The van der Waals surface area contributed by atoms with Crippen LogP contribution >= 0.6 is 0 Å². The van der Waals surface area contributed by atoms with Gasteiger partial charge in [0.2, 0.25) is 6.23 Å². The molecule has 0 spiro atoms. The Balaban J connectivity index is 1.89. The molecule has 0 aliphatic rings. The standard InChI is InChI=1S/C18H24N4O2/c19-11-9-13-1-5-15(6-2-13)21-17(23)18(24)22-16-7-3-14(4-8-16)10-12-20/h1-8,17,21,23H,9-12,19-20H2,(H,22,24). The number of nitrogens with one attached hydrogen (secondary N) is 2. The number of nitrogens with two attached hydrogens (primary N) is 2. The number of carbonyl (C=O) groups excluding carboxylic acids is 1. The molecule has 7 N–H and O–H groups in total. The average molecular weight is 328 g/mol. The van der Waals surface area contributed by atoms with Crippen molar-refractivity contribution in [2.75, 3.05) is 23.7 Å². The smallest absolute Gasteiger partial charge is 0.274 e. The molecule has 6 heteroatoms. The minimum atomic E-state index is -1.34. The van der Waals surface area contributed by atoms with Crippen molar-refractivity contribution in [3.05, 3.63) is 59.7 Å². The maximum atomic E-state index is 12.0. The van der Waals surface area contributed by atoms with Crippen LogP contribution in [0.3, 0.4) is 0 Å². The number of amides is 1. The molecular formula is C18H24N4O2. The second-order valence-electron chi connectivity index (χ2n) is 5.51. The van der Waals surface area contributed by atoms with E-state index in [-0.39, 0.29) is 0 Å². The number of hydrogen-bond donors (Lipinski definition) is 5. The third kappa shape index (κ3) is 5.34. The van der Waals surface area contributed by atoms with E-state index in [0.29, 0.717) is 24.5 Å². The van der Waals surface area contributed by atoms with E-state index in [4.69, 9.17) is 11.5 Å². The molecule has 24 heavy (non-hydrogen) atoms. The van der Waals surface area contributed by atoms with Gasteiger partial charge in [-0.1, -0.05) is 24.3 Å². The molecule has 2 rings (SSSR count). The summed E-state index contributed by atoms with van der Waals surface area (Å²) in [4.78, 5) is 12.0. The van der Waals surface area contributed by atoms with E-state index in [9.17, 15) is 9.90 Å². The van der Waals surface area contributed by atoms with Crippen LogP contribution in [0.2, 0.25) is 0 Å². The van der Waals surface area contributed by atoms with Gasteiger partial charge in [-0.15, -0.1) is 0 Å². The molecule has 2 aromatic rings. The molecule has 1 unspecified atom stereocenters. The van der Waals surface area contributed by atoms with Gasteiger partial charge in [0.05, 0.1) is 0 Å². The Kier molecular flexibility index (Phi) is 6.74. The number of benzene rings is 2. The summed E-state index contributed by atoms with van der Waals surface area (Å²) < 4.78 is 0. The number of rotatable bonds is 8. The molecule has 6 nitrogen and oxygen atoms in total. The molecule has 0 heterocycles. The monoisotopic (exact) mass is 328 g/mol. The van der Waals surface area contributed by atoms with Crippen molar-refractivity contribution < 1.29 is 9.90 Å². The zero-order chi connectivity index (χ0) is 17.4. The zero-order valence-corrected chi connectivity index (χ0v) is 13.5. The van der Waals surface area contributed by atoms with Gasteiger partial charge in [-0.2, -0.15) is 0 Å². The highest BCUT2D eigenvalue weighted by Gasteiger charge is 2.14. The second kappa shape index (κ2) is 9.02. The molecule has 128 valence electrons. The van der Waals surface area contributed by atoms with Crippen LogP contribution in [0.5, 0.6) is 0 Å². The van der Waals surface area contributed by atoms with Gasteiger partial charge in [0.15, 0.2) is 0 Å². The van der Waals surface area contributed by atoms with Crippen molar-refractivity contribution in [1.82, 2.24) is 0 Å². The lowest BCUT2D eigenvalue weighted by molar-refractivity contribution is -0.122. The van der Waals surface area contributed by atoms with E-state index >= 15 is 0 Å². The molecule has 0 saturated heterocycles. The largest absolute Gasteiger partial charge is 0.366 e. The van der Waals surface area contributed by atoms with Crippen molar-refractivity contribution in [2.24, 2.45) is 11.5 Å². The molecule has 0 saturated carbocycles. The van der Waals surface area contributed by atoms with E-state index in [2.05, 4.69) is 10.6 Å². The van der Waals surface area contributed by atoms with Crippen LogP contribution in [0, 0.1) is 0 Å². The van der Waals surface area contributed by atoms with Gasteiger partial charge in [-0.25, -0.2) is 0 Å². The molecule has 0 bridgehead atoms. The summed E-state index contributed by atoms with van der Waals surface area (Å²) >= 11 is 0. The molecule has 1 amide bonds. The van der Waals surface area contributed by atoms with Gasteiger partial charge in [0.25, 0.3) is 5.91 Å². The van der Waals surface area contributed by atoms with Gasteiger partial charge < -0.3 is 27.2 Å². The van der Waals surface area contributed by atoms with Gasteiger partial charge >= 0.3 is 0 Å². The van der Waals surface area contributed by atoms with Gasteiger partial charge in [0, 0.05) is 11.4 Å². The third-order valence-electron chi connectivity index (χ3n) is 3.59. The van der Waals surface area contributed by atoms with Crippen molar-refractivity contribution >= 4 is 17.3 Å². The molecule has 1 atom stereocenters. The predicted octanol–water partition coefficient (Wildman–Crippen LogP) is 1.06. The van der Waals surface area contributed by atoms with Crippen LogP contribution in [0.25, 0.3) is 0 Å². The number of carbonyl (C=O) groups is 1. The van der Waals surface area contributed by atoms with Crippen LogP contribution in [0.1, 0.15) is 11.1 Å². The Morgan fingerprint density at radius 3 is 1.79 bits per heavy atom. The fourth-order valence-electron chi connectivity index (χ4n) is 2.29. The number of anilines is 2. The van der Waals surface area contributed by atoms with Crippen LogP contribution in [-0.4, -0.2) is 30.3 Å². The third-order valence-corrected chi connectivity index (χ3v) is 3.59. The first kappa shape index (κ1) is 17.9. The first-order valence-electron chi connectivity index (χ1n) is 7.96. The lowest BCUT2D eigenvalue weighted by Crippen LogP contribution is -2.34. The van der Waals surface area contributed by atoms with Crippen LogP contribution in [0.4, 0.5) is 11.4 Å². The normalized spacial score (nSPS) is 11.8. The summed E-state index contributed by atoms with van der Waals surface area (Å²) in [7, 11) is 0. The Morgan fingerprint density at radius 1 is 0.875 bits per heavy atom. The topological polar surface area (TPSA) is 113 Å². The van der Waals surface area contributed by atoms with Crippen LogP contribution in [-0.2, 0) is 17.6 Å². The SMILES string of the molecule is NCCc1ccc(NC(=O)C(O)Nc2ccc(CCN)cc2)cc1. The molecule has 2 aromatic carbocycles. The molecule has 0 radical (unpaired) electrons. The Labute approximate surface area is 141 Å². The van der Waals surface area contributed by atoms with E-state index in [1.54, 1.807) is 12.1 Å². The van der Waals surface area contributed by atoms with Crippen molar-refractivity contribution in [3.63, 3.8) is 0 Å². The molecule has 0 aliphatic heterocycles. The van der Waals surface area contributed by atoms with Crippen molar-refractivity contribution in [2.45, 2.75) is 19.1 Å². The van der Waals surface area contributed by atoms with Gasteiger partial charge in [0.1, 0.15) is 0 Å². The predicted molar refractivity (Wildman–Crippen MR) is 96.7 cm³/mol. The average Bonchev–Trinajstić information content (AvgIpc) is 2.59. The minimum Gasteiger partial charge on any atom is -0.366 e. The highest BCUT2D eigenvalue weighted by atomic mass is 16.3.